The van der Waals surface area contributed by atoms with Crippen LogP contribution in [-0.4, -0.2) is 15.0 Å². The average molecular weight is 245 g/mol. The molecular formula is C12H11N3OS. The van der Waals surface area contributed by atoms with Crippen molar-refractivity contribution in [3.8, 4) is 11.5 Å². The van der Waals surface area contributed by atoms with Crippen molar-refractivity contribution >= 4 is 17.2 Å². The van der Waals surface area contributed by atoms with E-state index in [2.05, 4.69) is 9.97 Å². The summed E-state index contributed by atoms with van der Waals surface area (Å²) in [5.74, 6) is 1.34. The van der Waals surface area contributed by atoms with Gasteiger partial charge >= 0.3 is 0 Å². The van der Waals surface area contributed by atoms with Gasteiger partial charge in [0.15, 0.2) is 0 Å². The van der Waals surface area contributed by atoms with Crippen molar-refractivity contribution in [2.24, 2.45) is 5.73 Å². The lowest BCUT2D eigenvalue weighted by molar-refractivity contribution is 0.475. The van der Waals surface area contributed by atoms with Gasteiger partial charge in [-0.2, -0.15) is 0 Å². The lowest BCUT2D eigenvalue weighted by Gasteiger charge is -2.08. The van der Waals surface area contributed by atoms with Crippen LogP contribution in [0.3, 0.4) is 0 Å². The van der Waals surface area contributed by atoms with Gasteiger partial charge in [-0.15, -0.1) is 0 Å². The van der Waals surface area contributed by atoms with Gasteiger partial charge in [-0.3, -0.25) is 9.97 Å². The fourth-order valence-corrected chi connectivity index (χ4v) is 1.43. The van der Waals surface area contributed by atoms with Crippen LogP contribution in [0, 0.1) is 6.92 Å². The number of aromatic nitrogens is 2. The van der Waals surface area contributed by atoms with Crippen molar-refractivity contribution in [1.82, 2.24) is 9.97 Å². The van der Waals surface area contributed by atoms with Gasteiger partial charge in [0.25, 0.3) is 0 Å². The van der Waals surface area contributed by atoms with E-state index >= 15 is 0 Å². The molecule has 2 aromatic heterocycles. The van der Waals surface area contributed by atoms with Crippen LogP contribution >= 0.6 is 12.2 Å². The molecule has 0 fully saturated rings. The third kappa shape index (κ3) is 2.76. The van der Waals surface area contributed by atoms with Crippen LogP contribution in [0.25, 0.3) is 0 Å². The number of nitrogens with two attached hydrogens (primary N) is 1. The van der Waals surface area contributed by atoms with Crippen molar-refractivity contribution < 1.29 is 4.74 Å². The van der Waals surface area contributed by atoms with Gasteiger partial charge in [0, 0.05) is 18.5 Å². The van der Waals surface area contributed by atoms with Crippen molar-refractivity contribution in [2.45, 2.75) is 6.92 Å². The zero-order chi connectivity index (χ0) is 12.3. The zero-order valence-corrected chi connectivity index (χ0v) is 10.1. The standard InChI is InChI=1S/C12H11N3OS/c1-8-11(3-2-5-14-8)16-9-4-6-15-10(7-9)12(13)17/h2-7H,1H3,(H2,13,17). The predicted octanol–water partition coefficient (Wildman–Crippen LogP) is 2.21. The van der Waals surface area contributed by atoms with Crippen LogP contribution in [0.4, 0.5) is 0 Å². The number of hydrogen-bond donors (Lipinski definition) is 1. The van der Waals surface area contributed by atoms with E-state index < -0.39 is 0 Å². The maximum atomic E-state index is 5.68. The molecule has 0 spiro atoms. The Balaban J connectivity index is 2.28. The normalized spacial score (nSPS) is 9.94. The summed E-state index contributed by atoms with van der Waals surface area (Å²) in [5.41, 5.74) is 6.87. The molecule has 2 aromatic rings. The van der Waals surface area contributed by atoms with Crippen LogP contribution in [0.2, 0.25) is 0 Å². The monoisotopic (exact) mass is 245 g/mol. The Labute approximate surface area is 104 Å². The van der Waals surface area contributed by atoms with Crippen molar-refractivity contribution in [2.75, 3.05) is 0 Å². The molecule has 0 saturated carbocycles. The lowest BCUT2D eigenvalue weighted by atomic mass is 10.3. The van der Waals surface area contributed by atoms with Crippen molar-refractivity contribution in [3.05, 3.63) is 48.0 Å². The highest BCUT2D eigenvalue weighted by Crippen LogP contribution is 2.23. The number of aryl methyl sites for hydroxylation is 1. The van der Waals surface area contributed by atoms with E-state index in [0.717, 1.165) is 5.69 Å². The van der Waals surface area contributed by atoms with Crippen LogP contribution in [0.1, 0.15) is 11.4 Å². The second-order valence-electron chi connectivity index (χ2n) is 3.43. The van der Waals surface area contributed by atoms with Crippen molar-refractivity contribution in [3.63, 3.8) is 0 Å². The molecule has 2 N–H and O–H groups in total. The van der Waals surface area contributed by atoms with E-state index in [1.165, 1.54) is 0 Å². The van der Waals surface area contributed by atoms with Crippen LogP contribution in [0.15, 0.2) is 36.7 Å². The quantitative estimate of drug-likeness (QED) is 0.840. The predicted molar refractivity (Wildman–Crippen MR) is 69.2 cm³/mol. The molecule has 4 nitrogen and oxygen atoms in total. The Kier molecular flexibility index (Phi) is 3.30. The zero-order valence-electron chi connectivity index (χ0n) is 9.25. The van der Waals surface area contributed by atoms with Crippen molar-refractivity contribution in [1.29, 1.82) is 0 Å². The highest BCUT2D eigenvalue weighted by molar-refractivity contribution is 7.80. The van der Waals surface area contributed by atoms with E-state index in [0.29, 0.717) is 17.2 Å². The molecule has 0 aromatic carbocycles. The minimum absolute atomic E-state index is 0.248. The van der Waals surface area contributed by atoms with Crippen LogP contribution in [-0.2, 0) is 0 Å². The molecule has 5 heteroatoms. The van der Waals surface area contributed by atoms with Crippen LogP contribution in [0.5, 0.6) is 11.5 Å². The summed E-state index contributed by atoms with van der Waals surface area (Å²) in [5, 5.41) is 0. The summed E-state index contributed by atoms with van der Waals surface area (Å²) < 4.78 is 5.68. The first-order valence-electron chi connectivity index (χ1n) is 5.02. The minimum atomic E-state index is 0.248. The van der Waals surface area contributed by atoms with E-state index in [1.807, 2.05) is 19.1 Å². The lowest BCUT2D eigenvalue weighted by Crippen LogP contribution is -2.11. The molecule has 86 valence electrons. The molecule has 2 rings (SSSR count). The number of thiocarbonyl (C=S) groups is 1. The van der Waals surface area contributed by atoms with E-state index in [1.54, 1.807) is 24.5 Å². The minimum Gasteiger partial charge on any atom is -0.455 e. The molecule has 17 heavy (non-hydrogen) atoms. The molecule has 0 aliphatic heterocycles. The van der Waals surface area contributed by atoms with Gasteiger partial charge in [-0.1, -0.05) is 12.2 Å². The topological polar surface area (TPSA) is 61.0 Å². The molecule has 0 bridgehead atoms. The SMILES string of the molecule is Cc1ncccc1Oc1ccnc(C(N)=S)c1. The summed E-state index contributed by atoms with van der Waals surface area (Å²) >= 11 is 4.86. The summed E-state index contributed by atoms with van der Waals surface area (Å²) in [6, 6.07) is 7.12. The number of nitrogens with zero attached hydrogens (tertiary/aromatic N) is 2. The maximum Gasteiger partial charge on any atom is 0.148 e. The van der Waals surface area contributed by atoms with Gasteiger partial charge in [-0.25, -0.2) is 0 Å². The van der Waals surface area contributed by atoms with Gasteiger partial charge in [-0.05, 0) is 25.1 Å². The number of ether oxygens (including phenoxy) is 1. The number of hydrogen-bond acceptors (Lipinski definition) is 4. The van der Waals surface area contributed by atoms with E-state index in [9.17, 15) is 0 Å². The van der Waals surface area contributed by atoms with Gasteiger partial charge in [0.1, 0.15) is 22.2 Å². The highest BCUT2D eigenvalue weighted by Gasteiger charge is 2.04. The second kappa shape index (κ2) is 4.88. The van der Waals surface area contributed by atoms with E-state index in [4.69, 9.17) is 22.7 Å². The fourth-order valence-electron chi connectivity index (χ4n) is 1.31. The van der Waals surface area contributed by atoms with Gasteiger partial charge in [0.05, 0.1) is 5.69 Å². The Morgan fingerprint density at radius 2 is 2.12 bits per heavy atom. The van der Waals surface area contributed by atoms with Gasteiger partial charge in [0.2, 0.25) is 0 Å². The molecule has 0 aliphatic rings. The Morgan fingerprint density at radius 3 is 2.82 bits per heavy atom. The summed E-state index contributed by atoms with van der Waals surface area (Å²) in [6.07, 6.45) is 3.32. The van der Waals surface area contributed by atoms with Gasteiger partial charge < -0.3 is 10.5 Å². The first kappa shape index (κ1) is 11.5. The highest BCUT2D eigenvalue weighted by atomic mass is 32.1. The summed E-state index contributed by atoms with van der Waals surface area (Å²) in [7, 11) is 0. The second-order valence-corrected chi connectivity index (χ2v) is 3.87. The first-order valence-corrected chi connectivity index (χ1v) is 5.43. The molecule has 0 aliphatic carbocycles. The number of rotatable bonds is 3. The molecule has 0 radical (unpaired) electrons. The molecule has 0 atom stereocenters. The average Bonchev–Trinajstić information content (AvgIpc) is 2.32. The largest absolute Gasteiger partial charge is 0.455 e. The Hall–Kier alpha value is -2.01. The molecule has 0 amide bonds. The maximum absolute atomic E-state index is 5.68. The number of pyridine rings is 2. The third-order valence-electron chi connectivity index (χ3n) is 2.17. The van der Waals surface area contributed by atoms with E-state index in [-0.39, 0.29) is 4.99 Å². The smallest absolute Gasteiger partial charge is 0.148 e. The molecular weight excluding hydrogens is 234 g/mol. The summed E-state index contributed by atoms with van der Waals surface area (Å²) in [4.78, 5) is 8.43. The third-order valence-corrected chi connectivity index (χ3v) is 2.38. The summed E-state index contributed by atoms with van der Waals surface area (Å²) in [6.45, 7) is 1.88. The fraction of sp³-hybridized carbons (Fsp3) is 0.0833. The molecule has 0 saturated heterocycles. The van der Waals surface area contributed by atoms with Crippen LogP contribution < -0.4 is 10.5 Å². The molecule has 2 heterocycles. The first-order chi connectivity index (χ1) is 8.16. The molecule has 0 unspecified atom stereocenters. The Bertz CT molecular complexity index is 557. The Morgan fingerprint density at radius 1 is 1.29 bits per heavy atom.